The summed E-state index contributed by atoms with van der Waals surface area (Å²) in [5.41, 5.74) is 5.99. The van der Waals surface area contributed by atoms with Crippen molar-refractivity contribution < 1.29 is 9.00 Å². The van der Waals surface area contributed by atoms with Crippen LogP contribution in [0.5, 0.6) is 0 Å². The molecule has 0 radical (unpaired) electrons. The van der Waals surface area contributed by atoms with Crippen LogP contribution in [0.4, 0.5) is 5.69 Å². The number of rotatable bonds is 4. The molecule has 0 fully saturated rings. The fourth-order valence-electron chi connectivity index (χ4n) is 1.15. The molecule has 1 heterocycles. The minimum absolute atomic E-state index is 0.258. The van der Waals surface area contributed by atoms with E-state index in [1.54, 1.807) is 19.1 Å². The molecule has 16 heavy (non-hydrogen) atoms. The second kappa shape index (κ2) is 5.60. The Hall–Kier alpha value is -1.43. The molecule has 0 aliphatic heterocycles. The van der Waals surface area contributed by atoms with Gasteiger partial charge < -0.3 is 11.1 Å². The first-order chi connectivity index (χ1) is 7.57. The van der Waals surface area contributed by atoms with Crippen LogP contribution in [0.3, 0.4) is 0 Å². The maximum absolute atomic E-state index is 12.0. The molecule has 0 bridgehead atoms. The Balaban J connectivity index is 2.86. The molecule has 6 heteroatoms. The second-order valence-corrected chi connectivity index (χ2v) is 4.92. The number of carbonyl (C=O) groups is 1. The van der Waals surface area contributed by atoms with E-state index in [-0.39, 0.29) is 10.9 Å². The smallest absolute Gasteiger partial charge is 0.235 e. The Bertz CT molecular complexity index is 409. The van der Waals surface area contributed by atoms with Gasteiger partial charge in [-0.2, -0.15) is 0 Å². The van der Waals surface area contributed by atoms with E-state index in [9.17, 15) is 9.00 Å². The van der Waals surface area contributed by atoms with E-state index in [2.05, 4.69) is 10.3 Å². The summed E-state index contributed by atoms with van der Waals surface area (Å²) in [5, 5.41) is 2.22. The van der Waals surface area contributed by atoms with Crippen molar-refractivity contribution in [2.75, 3.05) is 12.3 Å². The van der Waals surface area contributed by atoms with Crippen molar-refractivity contribution >= 4 is 22.4 Å². The van der Waals surface area contributed by atoms with Crippen molar-refractivity contribution in [1.29, 1.82) is 0 Å². The molecule has 0 aromatic carbocycles. The van der Waals surface area contributed by atoms with Crippen molar-refractivity contribution in [3.8, 4) is 0 Å². The van der Waals surface area contributed by atoms with Gasteiger partial charge in [-0.3, -0.25) is 9.00 Å². The molecule has 1 rings (SSSR count). The first kappa shape index (κ1) is 12.6. The zero-order valence-electron chi connectivity index (χ0n) is 9.27. The summed E-state index contributed by atoms with van der Waals surface area (Å²) in [7, 11) is -1.52. The molecule has 5 nitrogen and oxygen atoms in total. The number of amides is 1. The summed E-state index contributed by atoms with van der Waals surface area (Å²) < 4.78 is 12.0. The summed E-state index contributed by atoms with van der Waals surface area (Å²) >= 11 is 0. The molecule has 0 aliphatic rings. The summed E-state index contributed by atoms with van der Waals surface area (Å²) in [6.07, 6.45) is 1.51. The first-order valence-electron chi connectivity index (χ1n) is 4.96. The van der Waals surface area contributed by atoms with Gasteiger partial charge in [0.05, 0.1) is 16.5 Å². The summed E-state index contributed by atoms with van der Waals surface area (Å²) in [6, 6.07) is 3.28. The zero-order valence-corrected chi connectivity index (χ0v) is 10.1. The maximum atomic E-state index is 12.0. The molecule has 0 saturated heterocycles. The average molecular weight is 241 g/mol. The van der Waals surface area contributed by atoms with Crippen molar-refractivity contribution in [3.05, 3.63) is 18.3 Å². The van der Waals surface area contributed by atoms with E-state index < -0.39 is 16.0 Å². The number of aromatic nitrogens is 1. The van der Waals surface area contributed by atoms with Gasteiger partial charge in [-0.25, -0.2) is 4.98 Å². The predicted molar refractivity (Wildman–Crippen MR) is 63.2 cm³/mol. The Morgan fingerprint density at radius 1 is 1.69 bits per heavy atom. The van der Waals surface area contributed by atoms with E-state index in [1.165, 1.54) is 6.20 Å². The van der Waals surface area contributed by atoms with E-state index in [0.29, 0.717) is 12.2 Å². The van der Waals surface area contributed by atoms with Crippen LogP contribution in [0.25, 0.3) is 0 Å². The Labute approximate surface area is 96.9 Å². The highest BCUT2D eigenvalue weighted by Crippen LogP contribution is 2.15. The van der Waals surface area contributed by atoms with E-state index >= 15 is 0 Å². The van der Waals surface area contributed by atoms with E-state index in [4.69, 9.17) is 5.73 Å². The van der Waals surface area contributed by atoms with E-state index in [0.717, 1.165) is 0 Å². The summed E-state index contributed by atoms with van der Waals surface area (Å²) in [5.74, 6) is -0.258. The molecule has 0 saturated carbocycles. The van der Waals surface area contributed by atoms with Crippen LogP contribution in [0, 0.1) is 0 Å². The number of carbonyl (C=O) groups excluding carboxylic acids is 1. The highest BCUT2D eigenvalue weighted by atomic mass is 32.2. The van der Waals surface area contributed by atoms with Crippen LogP contribution < -0.4 is 11.1 Å². The van der Waals surface area contributed by atoms with Crippen LogP contribution in [0.15, 0.2) is 23.4 Å². The lowest BCUT2D eigenvalue weighted by Gasteiger charge is -2.11. The van der Waals surface area contributed by atoms with Crippen molar-refractivity contribution in [2.45, 2.75) is 24.1 Å². The molecule has 2 unspecified atom stereocenters. The van der Waals surface area contributed by atoms with Crippen LogP contribution in [0.1, 0.15) is 13.8 Å². The average Bonchev–Trinajstić information content (AvgIpc) is 2.28. The van der Waals surface area contributed by atoms with Gasteiger partial charge in [0.25, 0.3) is 0 Å². The fourth-order valence-corrected chi connectivity index (χ4v) is 2.23. The molecule has 1 aromatic rings. The lowest BCUT2D eigenvalue weighted by atomic mass is 10.4. The number of nitrogen functional groups attached to an aromatic ring is 1. The van der Waals surface area contributed by atoms with Gasteiger partial charge in [-0.15, -0.1) is 0 Å². The number of anilines is 1. The Morgan fingerprint density at radius 3 is 2.94 bits per heavy atom. The minimum Gasteiger partial charge on any atom is -0.396 e. The van der Waals surface area contributed by atoms with Gasteiger partial charge in [0.2, 0.25) is 5.91 Å². The predicted octanol–water partition coefficient (Wildman–Crippen LogP) is 0.296. The van der Waals surface area contributed by atoms with Crippen molar-refractivity contribution in [3.63, 3.8) is 0 Å². The molecular weight excluding hydrogens is 226 g/mol. The molecule has 0 spiro atoms. The second-order valence-electron chi connectivity index (χ2n) is 3.23. The molecule has 1 amide bonds. The number of nitrogens with one attached hydrogen (secondary N) is 1. The van der Waals surface area contributed by atoms with E-state index in [1.807, 2.05) is 6.92 Å². The maximum Gasteiger partial charge on any atom is 0.235 e. The van der Waals surface area contributed by atoms with Gasteiger partial charge in [0.15, 0.2) is 5.03 Å². The molecule has 1 aromatic heterocycles. The zero-order chi connectivity index (χ0) is 12.1. The highest BCUT2D eigenvalue weighted by Gasteiger charge is 2.23. The number of hydrogen-bond acceptors (Lipinski definition) is 4. The number of pyridine rings is 1. The number of hydrogen-bond donors (Lipinski definition) is 2. The normalized spacial score (nSPS) is 14.1. The Kier molecular flexibility index (Phi) is 4.42. The third kappa shape index (κ3) is 2.79. The Morgan fingerprint density at radius 2 is 2.38 bits per heavy atom. The number of nitrogens with zero attached hydrogens (tertiary/aromatic N) is 1. The van der Waals surface area contributed by atoms with Crippen LogP contribution in [-0.2, 0) is 15.6 Å². The molecular formula is C10H15N3O2S. The minimum atomic E-state index is -1.52. The van der Waals surface area contributed by atoms with Gasteiger partial charge in [-0.05, 0) is 26.0 Å². The molecule has 88 valence electrons. The van der Waals surface area contributed by atoms with Crippen LogP contribution in [0.2, 0.25) is 0 Å². The lowest BCUT2D eigenvalue weighted by Crippen LogP contribution is -2.35. The lowest BCUT2D eigenvalue weighted by molar-refractivity contribution is -0.120. The quantitative estimate of drug-likeness (QED) is 0.793. The third-order valence-corrected chi connectivity index (χ3v) is 3.61. The molecule has 3 N–H and O–H groups in total. The van der Waals surface area contributed by atoms with Gasteiger partial charge in [0.1, 0.15) is 5.25 Å². The van der Waals surface area contributed by atoms with Gasteiger partial charge in [-0.1, -0.05) is 0 Å². The van der Waals surface area contributed by atoms with Crippen LogP contribution in [-0.4, -0.2) is 26.9 Å². The van der Waals surface area contributed by atoms with Crippen LogP contribution >= 0.6 is 0 Å². The number of nitrogens with two attached hydrogens (primary N) is 1. The molecule has 0 aliphatic carbocycles. The van der Waals surface area contributed by atoms with Crippen molar-refractivity contribution in [2.24, 2.45) is 0 Å². The topological polar surface area (TPSA) is 85.1 Å². The SMILES string of the molecule is CCNC(=O)C(C)S(=O)c1ncccc1N. The first-order valence-corrected chi connectivity index (χ1v) is 6.18. The van der Waals surface area contributed by atoms with Crippen molar-refractivity contribution in [1.82, 2.24) is 10.3 Å². The third-order valence-electron chi connectivity index (χ3n) is 2.03. The summed E-state index contributed by atoms with van der Waals surface area (Å²) in [4.78, 5) is 15.4. The largest absolute Gasteiger partial charge is 0.396 e. The van der Waals surface area contributed by atoms with Gasteiger partial charge in [0, 0.05) is 12.7 Å². The highest BCUT2D eigenvalue weighted by molar-refractivity contribution is 7.86. The fraction of sp³-hybridized carbons (Fsp3) is 0.400. The standard InChI is InChI=1S/C10H15N3O2S/c1-3-12-9(14)7(2)16(15)10-8(11)5-4-6-13-10/h4-7H,3,11H2,1-2H3,(H,12,14). The monoisotopic (exact) mass is 241 g/mol. The molecule has 2 atom stereocenters. The van der Waals surface area contributed by atoms with Gasteiger partial charge >= 0.3 is 0 Å². The summed E-state index contributed by atoms with van der Waals surface area (Å²) in [6.45, 7) is 3.91.